The summed E-state index contributed by atoms with van der Waals surface area (Å²) >= 11 is 6.06. The number of benzene rings is 2. The van der Waals surface area contributed by atoms with Crippen molar-refractivity contribution in [2.45, 2.75) is 25.7 Å². The molecule has 6 nitrogen and oxygen atoms in total. The van der Waals surface area contributed by atoms with E-state index in [1.807, 2.05) is 20.8 Å². The summed E-state index contributed by atoms with van der Waals surface area (Å²) in [6.07, 6.45) is 2.68. The maximum Gasteiger partial charge on any atom is 0.314 e. The number of ether oxygens (including phenoxy) is 1. The number of halogens is 1. The van der Waals surface area contributed by atoms with Gasteiger partial charge in [0.05, 0.1) is 23.4 Å². The molecule has 3 rings (SSSR count). The van der Waals surface area contributed by atoms with E-state index in [0.29, 0.717) is 28.4 Å². The molecule has 0 aliphatic carbocycles. The SMILES string of the molecule is CC(C)(C)COc1c(-c2ccc(S(C)(=O)=O)cc2)cnn(-c2cccc(Cl)c2)c1=O. The van der Waals surface area contributed by atoms with E-state index >= 15 is 0 Å². The Labute approximate surface area is 181 Å². The smallest absolute Gasteiger partial charge is 0.314 e. The van der Waals surface area contributed by atoms with Crippen molar-refractivity contribution in [2.24, 2.45) is 5.41 Å². The van der Waals surface area contributed by atoms with Gasteiger partial charge in [0.15, 0.2) is 15.6 Å². The number of hydrogen-bond donors (Lipinski definition) is 0. The first-order valence-electron chi connectivity index (χ1n) is 9.27. The third kappa shape index (κ3) is 5.09. The lowest BCUT2D eigenvalue weighted by atomic mass is 9.98. The highest BCUT2D eigenvalue weighted by molar-refractivity contribution is 7.90. The van der Waals surface area contributed by atoms with E-state index in [0.717, 1.165) is 6.26 Å². The van der Waals surface area contributed by atoms with Crippen LogP contribution >= 0.6 is 11.6 Å². The number of rotatable bonds is 5. The normalized spacial score (nSPS) is 12.0. The van der Waals surface area contributed by atoms with Gasteiger partial charge < -0.3 is 4.74 Å². The summed E-state index contributed by atoms with van der Waals surface area (Å²) in [5.74, 6) is 0.145. The van der Waals surface area contributed by atoms with E-state index in [-0.39, 0.29) is 16.1 Å². The Hall–Kier alpha value is -2.64. The quantitative estimate of drug-likeness (QED) is 0.581. The third-order valence-corrected chi connectivity index (χ3v) is 5.59. The average Bonchev–Trinajstić information content (AvgIpc) is 2.65. The number of hydrogen-bond acceptors (Lipinski definition) is 5. The Morgan fingerprint density at radius 3 is 2.33 bits per heavy atom. The molecule has 0 atom stereocenters. The zero-order valence-corrected chi connectivity index (χ0v) is 18.8. The van der Waals surface area contributed by atoms with Gasteiger partial charge in [-0.05, 0) is 41.3 Å². The van der Waals surface area contributed by atoms with Crippen molar-refractivity contribution >= 4 is 21.4 Å². The number of sulfone groups is 1. The lowest BCUT2D eigenvalue weighted by Gasteiger charge is -2.20. The van der Waals surface area contributed by atoms with Crippen molar-refractivity contribution in [2.75, 3.05) is 12.9 Å². The molecular weight excluding hydrogens is 424 g/mol. The van der Waals surface area contributed by atoms with E-state index < -0.39 is 15.4 Å². The summed E-state index contributed by atoms with van der Waals surface area (Å²) in [7, 11) is -3.32. The maximum absolute atomic E-state index is 13.3. The Morgan fingerprint density at radius 1 is 1.10 bits per heavy atom. The van der Waals surface area contributed by atoms with E-state index in [9.17, 15) is 13.2 Å². The molecule has 0 bridgehead atoms. The van der Waals surface area contributed by atoms with E-state index in [1.165, 1.54) is 23.0 Å². The van der Waals surface area contributed by atoms with Gasteiger partial charge >= 0.3 is 5.56 Å². The minimum Gasteiger partial charge on any atom is -0.487 e. The summed E-state index contributed by atoms with van der Waals surface area (Å²) in [5.41, 5.74) is 1.05. The van der Waals surface area contributed by atoms with E-state index in [2.05, 4.69) is 5.10 Å². The van der Waals surface area contributed by atoms with Gasteiger partial charge in [0, 0.05) is 16.8 Å². The van der Waals surface area contributed by atoms with Crippen molar-refractivity contribution in [1.82, 2.24) is 9.78 Å². The van der Waals surface area contributed by atoms with Crippen LogP contribution in [-0.4, -0.2) is 31.1 Å². The molecule has 1 aromatic heterocycles. The van der Waals surface area contributed by atoms with Crippen LogP contribution in [0.1, 0.15) is 20.8 Å². The van der Waals surface area contributed by atoms with Gasteiger partial charge in [-0.2, -0.15) is 9.78 Å². The molecule has 0 saturated heterocycles. The van der Waals surface area contributed by atoms with Gasteiger partial charge in [-0.1, -0.05) is 50.6 Å². The fourth-order valence-corrected chi connectivity index (χ4v) is 3.56. The first-order valence-corrected chi connectivity index (χ1v) is 11.5. The van der Waals surface area contributed by atoms with Crippen molar-refractivity contribution in [3.8, 4) is 22.6 Å². The Kier molecular flexibility index (Phi) is 6.06. The summed E-state index contributed by atoms with van der Waals surface area (Å²) in [4.78, 5) is 13.5. The van der Waals surface area contributed by atoms with Crippen LogP contribution in [0.15, 0.2) is 64.4 Å². The molecule has 0 radical (unpaired) electrons. The molecule has 8 heteroatoms. The van der Waals surface area contributed by atoms with Crippen LogP contribution in [0.25, 0.3) is 16.8 Å². The molecule has 0 aliphatic heterocycles. The predicted molar refractivity (Wildman–Crippen MR) is 118 cm³/mol. The Balaban J connectivity index is 2.15. The van der Waals surface area contributed by atoms with Crippen molar-refractivity contribution < 1.29 is 13.2 Å². The molecule has 158 valence electrons. The van der Waals surface area contributed by atoms with Gasteiger partial charge in [0.25, 0.3) is 0 Å². The first-order chi connectivity index (χ1) is 14.0. The molecule has 3 aromatic rings. The Bertz CT molecular complexity index is 1230. The van der Waals surface area contributed by atoms with Crippen LogP contribution in [0.2, 0.25) is 5.02 Å². The molecule has 0 amide bonds. The van der Waals surface area contributed by atoms with Gasteiger partial charge in [-0.15, -0.1) is 0 Å². The second-order valence-corrected chi connectivity index (χ2v) is 10.7. The monoisotopic (exact) mass is 446 g/mol. The van der Waals surface area contributed by atoms with Crippen molar-refractivity contribution in [1.29, 1.82) is 0 Å². The molecular formula is C22H23ClN2O4S. The molecule has 30 heavy (non-hydrogen) atoms. The number of aromatic nitrogens is 2. The molecule has 0 aliphatic rings. The minimum atomic E-state index is -3.32. The van der Waals surface area contributed by atoms with Crippen LogP contribution in [0.3, 0.4) is 0 Å². The molecule has 0 fully saturated rings. The van der Waals surface area contributed by atoms with Crippen LogP contribution < -0.4 is 10.3 Å². The van der Waals surface area contributed by atoms with Crippen LogP contribution in [0.5, 0.6) is 5.75 Å². The summed E-state index contributed by atoms with van der Waals surface area (Å²) in [5, 5.41) is 4.77. The summed E-state index contributed by atoms with van der Waals surface area (Å²) in [6.45, 7) is 6.33. The lowest BCUT2D eigenvalue weighted by Crippen LogP contribution is -2.26. The van der Waals surface area contributed by atoms with Gasteiger partial charge in [0.2, 0.25) is 0 Å². The fraction of sp³-hybridized carbons (Fsp3) is 0.273. The third-order valence-electron chi connectivity index (χ3n) is 4.23. The molecule has 0 N–H and O–H groups in total. The first kappa shape index (κ1) is 22.1. The van der Waals surface area contributed by atoms with Crippen LogP contribution in [0.4, 0.5) is 0 Å². The molecule has 0 spiro atoms. The molecule has 0 unspecified atom stereocenters. The standard InChI is InChI=1S/C22H23ClN2O4S/c1-22(2,3)14-29-20-19(15-8-10-18(11-9-15)30(4,27)28)13-24-25(21(20)26)17-7-5-6-16(23)12-17/h5-13H,14H2,1-4H3. The zero-order chi connectivity index (χ0) is 22.1. The highest BCUT2D eigenvalue weighted by Crippen LogP contribution is 2.29. The Morgan fingerprint density at radius 2 is 1.77 bits per heavy atom. The van der Waals surface area contributed by atoms with Gasteiger partial charge in [-0.3, -0.25) is 4.79 Å². The largest absolute Gasteiger partial charge is 0.487 e. The predicted octanol–water partition coefficient (Wildman–Crippen LogP) is 4.38. The highest BCUT2D eigenvalue weighted by atomic mass is 35.5. The summed E-state index contributed by atoms with van der Waals surface area (Å²) < 4.78 is 30.7. The lowest BCUT2D eigenvalue weighted by molar-refractivity contribution is 0.195. The number of nitrogens with zero attached hydrogens (tertiary/aromatic N) is 2. The second-order valence-electron chi connectivity index (χ2n) is 8.23. The molecule has 1 heterocycles. The topological polar surface area (TPSA) is 78.3 Å². The maximum atomic E-state index is 13.3. The minimum absolute atomic E-state index is 0.145. The van der Waals surface area contributed by atoms with Crippen molar-refractivity contribution in [3.05, 3.63) is 70.1 Å². The average molecular weight is 447 g/mol. The molecule has 0 saturated carbocycles. The molecule has 2 aromatic carbocycles. The van der Waals surface area contributed by atoms with Crippen LogP contribution in [0, 0.1) is 5.41 Å². The van der Waals surface area contributed by atoms with Gasteiger partial charge in [-0.25, -0.2) is 8.42 Å². The van der Waals surface area contributed by atoms with Crippen LogP contribution in [-0.2, 0) is 9.84 Å². The van der Waals surface area contributed by atoms with Crippen molar-refractivity contribution in [3.63, 3.8) is 0 Å². The fourth-order valence-electron chi connectivity index (χ4n) is 2.75. The van der Waals surface area contributed by atoms with E-state index in [4.69, 9.17) is 16.3 Å². The van der Waals surface area contributed by atoms with Gasteiger partial charge in [0.1, 0.15) is 0 Å². The second kappa shape index (κ2) is 8.24. The van der Waals surface area contributed by atoms with E-state index in [1.54, 1.807) is 36.4 Å². The highest BCUT2D eigenvalue weighted by Gasteiger charge is 2.20. The summed E-state index contributed by atoms with van der Waals surface area (Å²) in [6, 6.07) is 13.1. The zero-order valence-electron chi connectivity index (χ0n) is 17.2.